The van der Waals surface area contributed by atoms with Gasteiger partial charge in [-0.05, 0) is 36.8 Å². The molecule has 160 valence electrons. The van der Waals surface area contributed by atoms with Gasteiger partial charge < -0.3 is 9.47 Å². The largest absolute Gasteiger partial charge is 0.471 e. The summed E-state index contributed by atoms with van der Waals surface area (Å²) in [5.41, 5.74) is 2.24. The van der Waals surface area contributed by atoms with Gasteiger partial charge in [0.1, 0.15) is 5.57 Å². The summed E-state index contributed by atoms with van der Waals surface area (Å²) in [7, 11) is 1.15. The van der Waals surface area contributed by atoms with Crippen LogP contribution in [0.4, 0.5) is 11.4 Å². The lowest BCUT2D eigenvalue weighted by Crippen LogP contribution is -2.35. The average Bonchev–Trinajstić information content (AvgIpc) is 3.03. The molecular formula is C20H16ClN3O7. The molecule has 2 amide bonds. The van der Waals surface area contributed by atoms with Crippen LogP contribution in [0.5, 0.6) is 5.75 Å². The quantitative estimate of drug-likeness (QED) is 0.238. The first-order valence-electron chi connectivity index (χ1n) is 8.87. The number of hydrazine groups is 1. The van der Waals surface area contributed by atoms with E-state index in [0.29, 0.717) is 5.69 Å². The van der Waals surface area contributed by atoms with E-state index in [4.69, 9.17) is 16.3 Å². The fourth-order valence-electron chi connectivity index (χ4n) is 2.81. The van der Waals surface area contributed by atoms with E-state index in [1.165, 1.54) is 19.1 Å². The molecule has 0 aliphatic carbocycles. The summed E-state index contributed by atoms with van der Waals surface area (Å²) < 4.78 is 9.84. The molecule has 1 aliphatic heterocycles. The zero-order chi connectivity index (χ0) is 22.7. The average molecular weight is 446 g/mol. The minimum atomic E-state index is -1.15. The molecule has 0 bridgehead atoms. The highest BCUT2D eigenvalue weighted by Gasteiger charge is 2.35. The van der Waals surface area contributed by atoms with Crippen molar-refractivity contribution in [2.24, 2.45) is 0 Å². The van der Waals surface area contributed by atoms with Gasteiger partial charge in [-0.3, -0.25) is 25.1 Å². The van der Waals surface area contributed by atoms with Crippen LogP contribution >= 0.6 is 11.6 Å². The summed E-state index contributed by atoms with van der Waals surface area (Å²) in [6, 6.07) is 10.8. The van der Waals surface area contributed by atoms with Crippen molar-refractivity contribution in [3.05, 3.63) is 68.7 Å². The predicted octanol–water partition coefficient (Wildman–Crippen LogP) is 2.65. The number of amides is 2. The number of ether oxygens (including phenoxy) is 2. The summed E-state index contributed by atoms with van der Waals surface area (Å²) in [4.78, 5) is 47.3. The van der Waals surface area contributed by atoms with Crippen LogP contribution < -0.4 is 15.2 Å². The molecule has 1 aliphatic rings. The Bertz CT molecular complexity index is 1100. The van der Waals surface area contributed by atoms with E-state index in [2.05, 4.69) is 10.2 Å². The number of rotatable bonds is 6. The van der Waals surface area contributed by atoms with Crippen molar-refractivity contribution in [2.75, 3.05) is 12.1 Å². The molecule has 1 N–H and O–H groups in total. The number of anilines is 1. The van der Waals surface area contributed by atoms with Crippen LogP contribution in [0.15, 0.2) is 48.0 Å². The highest BCUT2D eigenvalue weighted by Crippen LogP contribution is 2.38. The lowest BCUT2D eigenvalue weighted by molar-refractivity contribution is -0.386. The SMILES string of the molecule is COC(=O)[C@@H](C)Oc1c(Cl)cc(/C=C2/C(=O)NN(c3ccccc3)C2=O)cc1[N+](=O)[O-]. The highest BCUT2D eigenvalue weighted by molar-refractivity contribution is 6.33. The van der Waals surface area contributed by atoms with Crippen LogP contribution in [-0.2, 0) is 19.1 Å². The molecule has 0 spiro atoms. The Morgan fingerprint density at radius 3 is 2.55 bits per heavy atom. The number of esters is 1. The van der Waals surface area contributed by atoms with Crippen molar-refractivity contribution >= 4 is 46.8 Å². The van der Waals surface area contributed by atoms with Gasteiger partial charge in [-0.1, -0.05) is 29.8 Å². The summed E-state index contributed by atoms with van der Waals surface area (Å²) in [6.07, 6.45) is 0.0412. The maximum atomic E-state index is 12.7. The van der Waals surface area contributed by atoms with Crippen LogP contribution in [0.25, 0.3) is 6.08 Å². The molecule has 2 aromatic carbocycles. The van der Waals surface area contributed by atoms with Crippen LogP contribution in [0, 0.1) is 10.1 Å². The predicted molar refractivity (Wildman–Crippen MR) is 110 cm³/mol. The highest BCUT2D eigenvalue weighted by atomic mass is 35.5. The first kappa shape index (κ1) is 21.8. The molecule has 0 aromatic heterocycles. The Kier molecular flexibility index (Phi) is 6.21. The number of benzene rings is 2. The van der Waals surface area contributed by atoms with Gasteiger partial charge in [-0.15, -0.1) is 0 Å². The van der Waals surface area contributed by atoms with Crippen molar-refractivity contribution < 1.29 is 28.8 Å². The van der Waals surface area contributed by atoms with Crippen molar-refractivity contribution in [3.63, 3.8) is 0 Å². The van der Waals surface area contributed by atoms with E-state index in [0.717, 1.165) is 18.2 Å². The number of hydrogen-bond donors (Lipinski definition) is 1. The third kappa shape index (κ3) is 4.48. The minimum Gasteiger partial charge on any atom is -0.471 e. The standard InChI is InChI=1S/C20H16ClN3O7/c1-11(20(27)30-2)31-17-15(21)9-12(10-16(17)24(28)29)8-14-18(25)22-23(19(14)26)13-6-4-3-5-7-13/h3-11H,1-2H3,(H,22,25)/b14-8-/t11-/m1/s1. The number of halogens is 1. The minimum absolute atomic E-state index is 0.128. The Hall–Kier alpha value is -3.92. The summed E-state index contributed by atoms with van der Waals surface area (Å²) in [5.74, 6) is -2.38. The van der Waals surface area contributed by atoms with Crippen LogP contribution in [0.1, 0.15) is 12.5 Å². The molecule has 31 heavy (non-hydrogen) atoms. The fourth-order valence-corrected chi connectivity index (χ4v) is 3.08. The van der Waals surface area contributed by atoms with Crippen molar-refractivity contribution in [1.29, 1.82) is 0 Å². The van der Waals surface area contributed by atoms with Crippen molar-refractivity contribution in [2.45, 2.75) is 13.0 Å². The zero-order valence-electron chi connectivity index (χ0n) is 16.3. The maximum absolute atomic E-state index is 12.7. The normalized spacial score (nSPS) is 15.6. The second kappa shape index (κ2) is 8.84. The zero-order valence-corrected chi connectivity index (χ0v) is 17.1. The lowest BCUT2D eigenvalue weighted by atomic mass is 10.1. The van der Waals surface area contributed by atoms with E-state index in [9.17, 15) is 24.5 Å². The Morgan fingerprint density at radius 2 is 1.94 bits per heavy atom. The van der Waals surface area contributed by atoms with Gasteiger partial charge >= 0.3 is 11.7 Å². The molecule has 1 heterocycles. The molecule has 0 saturated carbocycles. The summed E-state index contributed by atoms with van der Waals surface area (Å²) >= 11 is 6.15. The third-order valence-electron chi connectivity index (χ3n) is 4.29. The molecule has 11 heteroatoms. The summed E-state index contributed by atoms with van der Waals surface area (Å²) in [6.45, 7) is 1.35. The number of carbonyl (C=O) groups excluding carboxylic acids is 3. The van der Waals surface area contributed by atoms with Gasteiger partial charge in [0.25, 0.3) is 11.8 Å². The van der Waals surface area contributed by atoms with E-state index in [1.807, 2.05) is 0 Å². The van der Waals surface area contributed by atoms with Gasteiger partial charge in [0.15, 0.2) is 6.10 Å². The molecule has 0 unspecified atom stereocenters. The molecule has 1 fully saturated rings. The van der Waals surface area contributed by atoms with Crippen molar-refractivity contribution in [3.8, 4) is 5.75 Å². The summed E-state index contributed by atoms with van der Waals surface area (Å²) in [5, 5.41) is 12.4. The number of carbonyl (C=O) groups is 3. The van der Waals surface area contributed by atoms with E-state index in [1.54, 1.807) is 30.3 Å². The van der Waals surface area contributed by atoms with Crippen molar-refractivity contribution in [1.82, 2.24) is 5.43 Å². The van der Waals surface area contributed by atoms with Gasteiger partial charge in [0.05, 0.1) is 22.7 Å². The number of para-hydroxylation sites is 1. The third-order valence-corrected chi connectivity index (χ3v) is 4.57. The van der Waals surface area contributed by atoms with Gasteiger partial charge in [-0.25, -0.2) is 9.80 Å². The Labute approximate surface area is 181 Å². The lowest BCUT2D eigenvalue weighted by Gasteiger charge is -2.14. The van der Waals surface area contributed by atoms with Gasteiger partial charge in [0, 0.05) is 6.07 Å². The number of nitro groups is 1. The van der Waals surface area contributed by atoms with E-state index < -0.39 is 34.5 Å². The molecule has 10 nitrogen and oxygen atoms in total. The number of nitrogens with zero attached hydrogens (tertiary/aromatic N) is 2. The maximum Gasteiger partial charge on any atom is 0.346 e. The molecular weight excluding hydrogens is 430 g/mol. The number of methoxy groups -OCH3 is 1. The second-order valence-electron chi connectivity index (χ2n) is 6.37. The first-order valence-corrected chi connectivity index (χ1v) is 9.25. The molecule has 3 rings (SSSR count). The Balaban J connectivity index is 1.97. The first-order chi connectivity index (χ1) is 14.7. The van der Waals surface area contributed by atoms with E-state index in [-0.39, 0.29) is 21.9 Å². The van der Waals surface area contributed by atoms with Crippen LogP contribution in [0.3, 0.4) is 0 Å². The monoisotopic (exact) mass is 445 g/mol. The van der Waals surface area contributed by atoms with Gasteiger partial charge in [0.2, 0.25) is 5.75 Å². The Morgan fingerprint density at radius 1 is 1.26 bits per heavy atom. The smallest absolute Gasteiger partial charge is 0.346 e. The topological polar surface area (TPSA) is 128 Å². The number of hydrogen-bond acceptors (Lipinski definition) is 7. The van der Waals surface area contributed by atoms with Crippen LogP contribution in [0.2, 0.25) is 5.02 Å². The fraction of sp³-hybridized carbons (Fsp3) is 0.150. The second-order valence-corrected chi connectivity index (χ2v) is 6.77. The van der Waals surface area contributed by atoms with E-state index >= 15 is 0 Å². The molecule has 0 radical (unpaired) electrons. The number of nitro benzene ring substituents is 1. The number of nitrogens with one attached hydrogen (secondary N) is 1. The molecule has 2 aromatic rings. The molecule has 1 atom stereocenters. The van der Waals surface area contributed by atoms with Gasteiger partial charge in [-0.2, -0.15) is 0 Å². The van der Waals surface area contributed by atoms with Crippen LogP contribution in [-0.4, -0.2) is 35.9 Å². The molecule has 1 saturated heterocycles.